The average molecular weight is 529 g/mol. The number of hydrogen-bond donors (Lipinski definition) is 2. The number of aryl methyl sites for hydroxylation is 1. The highest BCUT2D eigenvalue weighted by molar-refractivity contribution is 6.73. The molecule has 205 valence electrons. The van der Waals surface area contributed by atoms with Crippen molar-refractivity contribution in [1.82, 2.24) is 4.90 Å². The molecule has 1 radical (unpaired) electrons. The molecule has 0 saturated carbocycles. The number of benzene rings is 3. The van der Waals surface area contributed by atoms with E-state index in [4.69, 9.17) is 16.3 Å². The van der Waals surface area contributed by atoms with Gasteiger partial charge in [0, 0.05) is 43.6 Å². The van der Waals surface area contributed by atoms with Crippen molar-refractivity contribution in [2.45, 2.75) is 53.5 Å². The van der Waals surface area contributed by atoms with Crippen molar-refractivity contribution in [3.05, 3.63) is 87.7 Å². The minimum absolute atomic E-state index is 0.0596. The van der Waals surface area contributed by atoms with Crippen molar-refractivity contribution in [2.75, 3.05) is 30.9 Å². The molecule has 1 heterocycles. The van der Waals surface area contributed by atoms with Crippen LogP contribution in [0.4, 0.5) is 15.8 Å². The molecule has 1 atom stereocenters. The van der Waals surface area contributed by atoms with Crippen LogP contribution in [0.2, 0.25) is 6.82 Å². The van der Waals surface area contributed by atoms with Gasteiger partial charge in [-0.15, -0.1) is 0 Å². The summed E-state index contributed by atoms with van der Waals surface area (Å²) in [6.07, 6.45) is 0. The van der Waals surface area contributed by atoms with Crippen LogP contribution in [0.25, 0.3) is 0 Å². The summed E-state index contributed by atoms with van der Waals surface area (Å²) >= 11 is 0. The summed E-state index contributed by atoms with van der Waals surface area (Å²) < 4.78 is 20.5. The van der Waals surface area contributed by atoms with Gasteiger partial charge in [-0.3, -0.25) is 4.90 Å². The number of rotatable bonds is 8. The predicted octanol–water partition coefficient (Wildman–Crippen LogP) is 5.17. The lowest BCUT2D eigenvalue weighted by atomic mass is 9.57. The van der Waals surface area contributed by atoms with Gasteiger partial charge in [-0.2, -0.15) is 0 Å². The number of hydrazine groups is 1. The maximum Gasteiger partial charge on any atom is 0.199 e. The molecular formula is C31H39BFN4O2. The van der Waals surface area contributed by atoms with E-state index in [-0.39, 0.29) is 17.4 Å². The first-order chi connectivity index (χ1) is 18.4. The van der Waals surface area contributed by atoms with E-state index in [0.29, 0.717) is 43.2 Å². The number of halogens is 1. The highest BCUT2D eigenvalue weighted by atomic mass is 19.1. The third kappa shape index (κ3) is 5.68. The topological polar surface area (TPSA) is 84.8 Å². The Morgan fingerprint density at radius 3 is 2.64 bits per heavy atom. The number of carbonyl (C=O) groups excluding carboxylic acids is 1. The van der Waals surface area contributed by atoms with Crippen LogP contribution in [0.5, 0.6) is 5.75 Å². The van der Waals surface area contributed by atoms with Gasteiger partial charge in [0.25, 0.3) is 0 Å². The van der Waals surface area contributed by atoms with Crippen LogP contribution in [-0.2, 0) is 17.9 Å². The molecule has 0 fully saturated rings. The van der Waals surface area contributed by atoms with Crippen molar-refractivity contribution >= 4 is 24.3 Å². The molecule has 0 aromatic heterocycles. The van der Waals surface area contributed by atoms with Crippen molar-refractivity contribution in [3.8, 4) is 5.75 Å². The quantitative estimate of drug-likeness (QED) is 0.181. The number of ether oxygens (including phenoxy) is 1. The summed E-state index contributed by atoms with van der Waals surface area (Å²) in [6, 6.07) is 15.3. The molecule has 0 bridgehead atoms. The second kappa shape index (κ2) is 11.4. The maximum atomic E-state index is 14.6. The van der Waals surface area contributed by atoms with Crippen molar-refractivity contribution in [3.63, 3.8) is 0 Å². The summed E-state index contributed by atoms with van der Waals surface area (Å²) in [4.78, 5) is 15.5. The van der Waals surface area contributed by atoms with Gasteiger partial charge in [0.15, 0.2) is 7.28 Å². The Balaban J connectivity index is 1.77. The minimum atomic E-state index is -0.729. The standard InChI is InChI=1S/C31H39BFN4O2/c1-19-10-11-21(16-22(19)17-37-14-15-39-27-9-7-8-25(33)24(27)18-37)28(31(3,4)30(38)32-5)23-12-13-26(36(6)35)29(34)20(23)2/h7-13,16,28H,14-15,17-18,34-35H2,1-6H3. The van der Waals surface area contributed by atoms with Gasteiger partial charge in [0.1, 0.15) is 18.2 Å². The molecule has 4 rings (SSSR count). The lowest BCUT2D eigenvalue weighted by molar-refractivity contribution is -0.119. The molecule has 0 aliphatic carbocycles. The largest absolute Gasteiger partial charge is 0.492 e. The third-order valence-corrected chi connectivity index (χ3v) is 8.07. The van der Waals surface area contributed by atoms with Gasteiger partial charge in [-0.25, -0.2) is 10.2 Å². The van der Waals surface area contributed by atoms with E-state index < -0.39 is 5.41 Å². The number of fused-ring (bicyclic) bond motifs is 1. The SMILES string of the molecule is C[B]C(=O)C(C)(C)C(c1ccc(C)c(CN2CCOc3cccc(F)c3C2)c1)c1ccc(N(C)N)c(N)c1C. The lowest BCUT2D eigenvalue weighted by Crippen LogP contribution is -2.36. The summed E-state index contributed by atoms with van der Waals surface area (Å²) in [7, 11) is 3.40. The summed E-state index contributed by atoms with van der Waals surface area (Å²) in [6.45, 7) is 12.1. The first kappa shape index (κ1) is 28.6. The van der Waals surface area contributed by atoms with Crippen molar-refractivity contribution in [2.24, 2.45) is 11.3 Å². The Labute approximate surface area is 232 Å². The highest BCUT2D eigenvalue weighted by Crippen LogP contribution is 2.45. The van der Waals surface area contributed by atoms with Gasteiger partial charge >= 0.3 is 0 Å². The number of nitrogens with zero attached hydrogens (tertiary/aromatic N) is 2. The van der Waals surface area contributed by atoms with E-state index in [0.717, 1.165) is 33.5 Å². The van der Waals surface area contributed by atoms with Crippen LogP contribution >= 0.6 is 0 Å². The molecule has 1 aliphatic rings. The molecule has 3 aromatic rings. The van der Waals surface area contributed by atoms with Crippen LogP contribution in [0.1, 0.15) is 53.1 Å². The fourth-order valence-corrected chi connectivity index (χ4v) is 5.68. The first-order valence-electron chi connectivity index (χ1n) is 13.4. The Bertz CT molecular complexity index is 1370. The van der Waals surface area contributed by atoms with E-state index in [1.54, 1.807) is 27.2 Å². The Morgan fingerprint density at radius 1 is 1.21 bits per heavy atom. The van der Waals surface area contributed by atoms with Crippen molar-refractivity contribution < 1.29 is 13.9 Å². The van der Waals surface area contributed by atoms with Gasteiger partial charge < -0.3 is 20.3 Å². The number of nitrogen functional groups attached to an aromatic ring is 1. The van der Waals surface area contributed by atoms with E-state index in [1.165, 1.54) is 11.1 Å². The molecule has 1 aliphatic heterocycles. The fourth-order valence-electron chi connectivity index (χ4n) is 5.68. The number of carbonyl (C=O) groups is 1. The van der Waals surface area contributed by atoms with Gasteiger partial charge in [-0.1, -0.05) is 51.0 Å². The van der Waals surface area contributed by atoms with Crippen LogP contribution < -0.4 is 21.3 Å². The molecule has 0 saturated heterocycles. The fraction of sp³-hybridized carbons (Fsp3) is 0.387. The zero-order valence-corrected chi connectivity index (χ0v) is 23.8. The zero-order chi connectivity index (χ0) is 28.5. The monoisotopic (exact) mass is 529 g/mol. The van der Waals surface area contributed by atoms with Crippen molar-refractivity contribution in [1.29, 1.82) is 0 Å². The molecule has 1 unspecified atom stereocenters. The summed E-state index contributed by atoms with van der Waals surface area (Å²) in [5.41, 5.74) is 13.0. The Morgan fingerprint density at radius 2 is 1.95 bits per heavy atom. The number of anilines is 2. The van der Waals surface area contributed by atoms with Gasteiger partial charge in [0.05, 0.1) is 17.1 Å². The lowest BCUT2D eigenvalue weighted by Gasteiger charge is -2.36. The Hall–Kier alpha value is -3.36. The second-order valence-corrected chi connectivity index (χ2v) is 11.1. The molecule has 0 amide bonds. The van der Waals surface area contributed by atoms with Crippen LogP contribution in [0.3, 0.4) is 0 Å². The van der Waals surface area contributed by atoms with Crippen LogP contribution in [-0.4, -0.2) is 38.1 Å². The summed E-state index contributed by atoms with van der Waals surface area (Å²) in [5, 5.41) is 1.51. The van der Waals surface area contributed by atoms with E-state index >= 15 is 0 Å². The van der Waals surface area contributed by atoms with E-state index in [2.05, 4.69) is 30.0 Å². The molecule has 6 nitrogen and oxygen atoms in total. The summed E-state index contributed by atoms with van der Waals surface area (Å²) in [5.74, 6) is 6.12. The normalized spacial score (nSPS) is 14.7. The zero-order valence-electron chi connectivity index (χ0n) is 23.8. The number of hydrogen-bond acceptors (Lipinski definition) is 6. The first-order valence-corrected chi connectivity index (χ1v) is 13.4. The molecule has 3 aromatic carbocycles. The molecule has 4 N–H and O–H groups in total. The van der Waals surface area contributed by atoms with E-state index in [1.807, 2.05) is 39.0 Å². The third-order valence-electron chi connectivity index (χ3n) is 8.07. The number of nitrogens with two attached hydrogens (primary N) is 2. The smallest absolute Gasteiger partial charge is 0.199 e. The van der Waals surface area contributed by atoms with Gasteiger partial charge in [-0.05, 0) is 59.9 Å². The van der Waals surface area contributed by atoms with Gasteiger partial charge in [0.2, 0.25) is 0 Å². The van der Waals surface area contributed by atoms with E-state index in [9.17, 15) is 9.18 Å². The van der Waals surface area contributed by atoms with Crippen LogP contribution in [0.15, 0.2) is 48.5 Å². The second-order valence-electron chi connectivity index (χ2n) is 11.1. The highest BCUT2D eigenvalue weighted by Gasteiger charge is 2.38. The molecule has 0 spiro atoms. The average Bonchev–Trinajstić information content (AvgIpc) is 3.10. The minimum Gasteiger partial charge on any atom is -0.492 e. The predicted molar refractivity (Wildman–Crippen MR) is 158 cm³/mol. The molecule has 39 heavy (non-hydrogen) atoms. The molecule has 8 heteroatoms. The maximum absolute atomic E-state index is 14.6. The van der Waals surface area contributed by atoms with Crippen LogP contribution in [0, 0.1) is 25.1 Å². The Kier molecular flexibility index (Phi) is 8.38. The molecular weight excluding hydrogens is 490 g/mol.